The van der Waals surface area contributed by atoms with Crippen LogP contribution < -0.4 is 15.0 Å². The van der Waals surface area contributed by atoms with Crippen LogP contribution in [0, 0.1) is 11.7 Å². The van der Waals surface area contributed by atoms with Crippen LogP contribution in [0.15, 0.2) is 42.9 Å². The van der Waals surface area contributed by atoms with Crippen LogP contribution in [-0.4, -0.2) is 75.2 Å². The average Bonchev–Trinajstić information content (AvgIpc) is 3.31. The number of hydrogen-bond donors (Lipinski definition) is 2. The Morgan fingerprint density at radius 3 is 2.84 bits per heavy atom. The molecule has 1 saturated carbocycles. The summed E-state index contributed by atoms with van der Waals surface area (Å²) in [6, 6.07) is 7.08. The van der Waals surface area contributed by atoms with Crippen LogP contribution in [0.2, 0.25) is 0 Å². The fraction of sp³-hybridized carbons (Fsp3) is 0.444. The van der Waals surface area contributed by atoms with Crippen LogP contribution in [0.1, 0.15) is 42.6 Å². The van der Waals surface area contributed by atoms with Gasteiger partial charge < -0.3 is 19.9 Å². The van der Waals surface area contributed by atoms with E-state index in [0.717, 1.165) is 44.2 Å². The summed E-state index contributed by atoms with van der Waals surface area (Å²) < 4.78 is 19.4. The van der Waals surface area contributed by atoms with E-state index in [-0.39, 0.29) is 46.5 Å². The van der Waals surface area contributed by atoms with E-state index in [1.807, 2.05) is 23.2 Å². The minimum absolute atomic E-state index is 0.0746. The van der Waals surface area contributed by atoms with Gasteiger partial charge in [0.2, 0.25) is 11.8 Å². The second-order valence-electron chi connectivity index (χ2n) is 10.4. The highest BCUT2D eigenvalue weighted by Gasteiger charge is 2.54. The maximum atomic E-state index is 14.4. The first-order valence-electron chi connectivity index (χ1n) is 13.0. The lowest BCUT2D eigenvalue weighted by Gasteiger charge is -2.39. The number of amides is 2. The molecule has 0 bridgehead atoms. The number of aromatic nitrogens is 4. The van der Waals surface area contributed by atoms with Crippen LogP contribution >= 0.6 is 0 Å². The molecule has 2 N–H and O–H groups in total. The first-order valence-corrected chi connectivity index (χ1v) is 13.0. The van der Waals surface area contributed by atoms with Gasteiger partial charge in [-0.2, -0.15) is 5.10 Å². The average molecular weight is 520 g/mol. The maximum absolute atomic E-state index is 14.4. The van der Waals surface area contributed by atoms with Crippen molar-refractivity contribution in [2.45, 2.75) is 43.7 Å². The van der Waals surface area contributed by atoms with Crippen molar-refractivity contribution < 1.29 is 18.7 Å². The van der Waals surface area contributed by atoms with Gasteiger partial charge in [-0.1, -0.05) is 0 Å². The number of H-pyrrole nitrogens is 1. The second-order valence-corrected chi connectivity index (χ2v) is 10.4. The lowest BCUT2D eigenvalue weighted by atomic mass is 9.87. The number of anilines is 1. The molecule has 2 amide bonds. The number of methoxy groups -OCH3 is 1. The summed E-state index contributed by atoms with van der Waals surface area (Å²) in [5.74, 6) is -0.519. The van der Waals surface area contributed by atoms with Crippen molar-refractivity contribution in [3.8, 4) is 17.1 Å². The molecule has 6 rings (SSSR count). The fourth-order valence-electron chi connectivity index (χ4n) is 5.77. The molecule has 3 fully saturated rings. The Balaban J connectivity index is 1.08. The number of likely N-dealkylation sites (tertiary alicyclic amines) is 1. The maximum Gasteiger partial charge on any atom is 0.274 e. The third-order valence-corrected chi connectivity index (χ3v) is 8.02. The van der Waals surface area contributed by atoms with E-state index < -0.39 is 5.82 Å². The molecule has 1 spiro atoms. The molecule has 0 aromatic carbocycles. The second kappa shape index (κ2) is 9.70. The first-order chi connectivity index (χ1) is 18.5. The topological polar surface area (TPSA) is 116 Å². The van der Waals surface area contributed by atoms with E-state index in [1.165, 1.54) is 13.2 Å². The molecule has 5 heterocycles. The molecule has 10 nitrogen and oxygen atoms in total. The Bertz CT molecular complexity index is 1340. The minimum Gasteiger partial charge on any atom is -0.481 e. The Kier molecular flexibility index (Phi) is 6.21. The highest BCUT2D eigenvalue weighted by atomic mass is 19.1. The van der Waals surface area contributed by atoms with Crippen molar-refractivity contribution in [2.24, 2.45) is 5.92 Å². The highest BCUT2D eigenvalue weighted by Crippen LogP contribution is 2.50. The number of carbonyl (C=O) groups is 2. The summed E-state index contributed by atoms with van der Waals surface area (Å²) in [5.41, 5.74) is 1.60. The van der Waals surface area contributed by atoms with Gasteiger partial charge in [-0.25, -0.2) is 9.37 Å². The molecule has 198 valence electrons. The van der Waals surface area contributed by atoms with Gasteiger partial charge in [0.25, 0.3) is 5.91 Å². The Hall–Kier alpha value is -4.02. The number of rotatable bonds is 6. The van der Waals surface area contributed by atoms with Crippen molar-refractivity contribution in [2.75, 3.05) is 31.6 Å². The number of nitrogens with zero attached hydrogens (tertiary/aromatic N) is 5. The van der Waals surface area contributed by atoms with Gasteiger partial charge in [0.15, 0.2) is 11.5 Å². The molecule has 2 saturated heterocycles. The number of ether oxygens (including phenoxy) is 1. The monoisotopic (exact) mass is 519 g/mol. The van der Waals surface area contributed by atoms with Crippen LogP contribution in [-0.2, 0) is 4.79 Å². The van der Waals surface area contributed by atoms with Crippen molar-refractivity contribution >= 4 is 17.5 Å². The third kappa shape index (κ3) is 4.57. The molecule has 3 aromatic heterocycles. The molecular weight excluding hydrogens is 489 g/mol. The number of nitrogens with one attached hydrogen (secondary N) is 2. The predicted molar refractivity (Wildman–Crippen MR) is 137 cm³/mol. The number of halogens is 1. The molecular formula is C27H30FN7O3. The predicted octanol–water partition coefficient (Wildman–Crippen LogP) is 2.79. The molecule has 1 aliphatic carbocycles. The number of carbonyl (C=O) groups excluding carboxylic acids is 2. The minimum atomic E-state index is -0.537. The van der Waals surface area contributed by atoms with E-state index >= 15 is 0 Å². The quantitative estimate of drug-likeness (QED) is 0.514. The van der Waals surface area contributed by atoms with Crippen molar-refractivity contribution in [1.82, 2.24) is 30.4 Å². The van der Waals surface area contributed by atoms with E-state index in [2.05, 4.69) is 30.4 Å². The number of pyridine rings is 2. The number of hydrogen-bond acceptors (Lipinski definition) is 7. The molecule has 2 atom stereocenters. The van der Waals surface area contributed by atoms with Gasteiger partial charge in [-0.05, 0) is 50.3 Å². The van der Waals surface area contributed by atoms with Crippen LogP contribution in [0.5, 0.6) is 5.88 Å². The zero-order chi connectivity index (χ0) is 26.3. The Morgan fingerprint density at radius 1 is 1.21 bits per heavy atom. The van der Waals surface area contributed by atoms with Crippen molar-refractivity contribution in [3.05, 3.63) is 54.4 Å². The van der Waals surface area contributed by atoms with Crippen LogP contribution in [0.25, 0.3) is 11.3 Å². The SMILES string of the molecule is COc1cc(-c2cc(C(=O)N3CCC(C(=O)N[C@H]4CCN(c5cccnc5)C4)CC34CC4)n[nH]2)c(F)cn1. The zero-order valence-electron chi connectivity index (χ0n) is 21.2. The van der Waals surface area contributed by atoms with Gasteiger partial charge in [-0.15, -0.1) is 0 Å². The number of piperidine rings is 1. The van der Waals surface area contributed by atoms with Crippen LogP contribution in [0.4, 0.5) is 10.1 Å². The largest absolute Gasteiger partial charge is 0.481 e. The normalized spacial score (nSPS) is 21.9. The molecule has 2 aliphatic heterocycles. The smallest absolute Gasteiger partial charge is 0.274 e. The number of aromatic amines is 1. The van der Waals surface area contributed by atoms with E-state index in [1.54, 1.807) is 12.3 Å². The van der Waals surface area contributed by atoms with Crippen molar-refractivity contribution in [3.63, 3.8) is 0 Å². The van der Waals surface area contributed by atoms with Gasteiger partial charge in [0.05, 0.1) is 30.9 Å². The molecule has 0 radical (unpaired) electrons. The Labute approximate surface area is 219 Å². The molecule has 3 aromatic rings. The van der Waals surface area contributed by atoms with E-state index in [4.69, 9.17) is 4.74 Å². The summed E-state index contributed by atoms with van der Waals surface area (Å²) in [5, 5.41) is 10.2. The van der Waals surface area contributed by atoms with Crippen LogP contribution in [0.3, 0.4) is 0 Å². The molecule has 1 unspecified atom stereocenters. The van der Waals surface area contributed by atoms with Gasteiger partial charge in [0, 0.05) is 55.0 Å². The van der Waals surface area contributed by atoms with Gasteiger partial charge in [-0.3, -0.25) is 19.7 Å². The summed E-state index contributed by atoms with van der Waals surface area (Å²) in [7, 11) is 1.45. The van der Waals surface area contributed by atoms with Gasteiger partial charge >= 0.3 is 0 Å². The third-order valence-electron chi connectivity index (χ3n) is 8.02. The van der Waals surface area contributed by atoms with E-state index in [9.17, 15) is 14.0 Å². The first kappa shape index (κ1) is 24.3. The molecule has 11 heteroatoms. The lowest BCUT2D eigenvalue weighted by Crippen LogP contribution is -2.52. The van der Waals surface area contributed by atoms with E-state index in [0.29, 0.717) is 25.1 Å². The van der Waals surface area contributed by atoms with Gasteiger partial charge in [0.1, 0.15) is 0 Å². The summed E-state index contributed by atoms with van der Waals surface area (Å²) in [6.45, 7) is 2.14. The summed E-state index contributed by atoms with van der Waals surface area (Å²) in [4.78, 5) is 38.8. The molecule has 38 heavy (non-hydrogen) atoms. The highest BCUT2D eigenvalue weighted by molar-refractivity contribution is 5.94. The zero-order valence-corrected chi connectivity index (χ0v) is 21.2. The van der Waals surface area contributed by atoms with Crippen molar-refractivity contribution in [1.29, 1.82) is 0 Å². The summed E-state index contributed by atoms with van der Waals surface area (Å²) >= 11 is 0. The summed E-state index contributed by atoms with van der Waals surface area (Å²) in [6.07, 6.45) is 8.57. The standard InChI is InChI=1S/C27H30FN7O3/c1-38-24-11-20(21(28)15-30-24)22-12-23(33-32-22)26(37)35-10-4-17(13-27(35)6-7-27)25(36)31-18-5-9-34(16-18)19-3-2-8-29-14-19/h2-3,8,11-12,14-15,17-18H,4-7,9-10,13,16H2,1H3,(H,31,36)(H,32,33)/t17?,18-/m0/s1. The lowest BCUT2D eigenvalue weighted by molar-refractivity contribution is -0.127. The molecule has 3 aliphatic rings. The Morgan fingerprint density at radius 2 is 2.08 bits per heavy atom. The fourth-order valence-corrected chi connectivity index (χ4v) is 5.77.